The first-order chi connectivity index (χ1) is 15.3. The van der Waals surface area contributed by atoms with Crippen molar-refractivity contribution in [2.75, 3.05) is 11.9 Å². The van der Waals surface area contributed by atoms with Gasteiger partial charge in [0.1, 0.15) is 0 Å². The Labute approximate surface area is 192 Å². The van der Waals surface area contributed by atoms with Gasteiger partial charge in [-0.2, -0.15) is 0 Å². The predicted octanol–water partition coefficient (Wildman–Crippen LogP) is 6.91. The summed E-state index contributed by atoms with van der Waals surface area (Å²) in [6, 6.07) is 15.6. The van der Waals surface area contributed by atoms with Crippen molar-refractivity contribution in [3.8, 4) is 11.5 Å². The average Bonchev–Trinajstić information content (AvgIpc) is 2.75. The Bertz CT molecular complexity index is 1290. The molecule has 0 aromatic heterocycles. The highest BCUT2D eigenvalue weighted by molar-refractivity contribution is 6.32. The van der Waals surface area contributed by atoms with E-state index in [2.05, 4.69) is 43.4 Å². The van der Waals surface area contributed by atoms with E-state index in [4.69, 9.17) is 16.3 Å². The maximum Gasteiger partial charge on any atom is 0.176 e. The summed E-state index contributed by atoms with van der Waals surface area (Å²) in [5, 5.41) is 16.4. The first-order valence-corrected chi connectivity index (χ1v) is 11.4. The molecule has 2 aliphatic rings. The lowest BCUT2D eigenvalue weighted by atomic mass is 9.68. The number of ketones is 1. The molecule has 0 saturated heterocycles. The second-order valence-electron chi connectivity index (χ2n) is 9.40. The van der Waals surface area contributed by atoms with E-state index in [0.29, 0.717) is 18.8 Å². The van der Waals surface area contributed by atoms with E-state index >= 15 is 0 Å². The maximum absolute atomic E-state index is 13.5. The number of ether oxygens (including phenoxy) is 1. The highest BCUT2D eigenvalue weighted by Gasteiger charge is 2.41. The van der Waals surface area contributed by atoms with Gasteiger partial charge in [0.15, 0.2) is 17.3 Å². The van der Waals surface area contributed by atoms with Gasteiger partial charge in [0.2, 0.25) is 0 Å². The predicted molar refractivity (Wildman–Crippen MR) is 130 cm³/mol. The van der Waals surface area contributed by atoms with Crippen LogP contribution in [0.3, 0.4) is 0 Å². The van der Waals surface area contributed by atoms with E-state index in [9.17, 15) is 9.90 Å². The average molecular weight is 448 g/mol. The number of nitrogens with one attached hydrogen (secondary N) is 1. The largest absolute Gasteiger partial charge is 0.503 e. The number of fused-ring (bicyclic) bond motifs is 4. The van der Waals surface area contributed by atoms with Crippen LogP contribution in [0.25, 0.3) is 16.3 Å². The first-order valence-electron chi connectivity index (χ1n) is 11.0. The maximum atomic E-state index is 13.5. The van der Waals surface area contributed by atoms with Crippen molar-refractivity contribution >= 4 is 39.4 Å². The molecule has 1 unspecified atom stereocenters. The summed E-state index contributed by atoms with van der Waals surface area (Å²) in [7, 11) is 0. The van der Waals surface area contributed by atoms with E-state index < -0.39 is 0 Å². The van der Waals surface area contributed by atoms with E-state index in [1.54, 1.807) is 12.1 Å². The number of Topliss-reactive ketones (excluding diaryl/α,β-unsaturated/α-hetero) is 1. The van der Waals surface area contributed by atoms with Crippen molar-refractivity contribution in [3.63, 3.8) is 0 Å². The number of aromatic hydroxyl groups is 1. The minimum absolute atomic E-state index is 0.0789. The zero-order valence-electron chi connectivity index (χ0n) is 18.5. The summed E-state index contributed by atoms with van der Waals surface area (Å²) in [5.41, 5.74) is 4.69. The fraction of sp³-hybridized carbons (Fsp3) is 0.296. The molecule has 0 bridgehead atoms. The molecule has 4 nitrogen and oxygen atoms in total. The normalized spacial score (nSPS) is 19.4. The number of hydrogen-bond acceptors (Lipinski definition) is 4. The summed E-state index contributed by atoms with van der Waals surface area (Å²) in [6.45, 7) is 6.57. The third kappa shape index (κ3) is 3.34. The van der Waals surface area contributed by atoms with Gasteiger partial charge in [-0.25, -0.2) is 0 Å². The summed E-state index contributed by atoms with van der Waals surface area (Å²) in [6.07, 6.45) is 1.31. The van der Waals surface area contributed by atoms with Crippen LogP contribution in [0.4, 0.5) is 5.69 Å². The van der Waals surface area contributed by atoms with Crippen LogP contribution in [-0.2, 0) is 4.79 Å². The van der Waals surface area contributed by atoms with Crippen LogP contribution >= 0.6 is 11.6 Å². The summed E-state index contributed by atoms with van der Waals surface area (Å²) < 4.78 is 5.61. The fourth-order valence-electron chi connectivity index (χ4n) is 5.11. The molecular formula is C27H26ClNO3. The SMILES string of the molecule is CCOc1cc(C2Nc3ccc4ccccc4c3C3=C2C(=O)CC(C)(C)C3)cc(Cl)c1O. The Morgan fingerprint density at radius 1 is 1.16 bits per heavy atom. The van der Waals surface area contributed by atoms with Crippen molar-refractivity contribution in [2.24, 2.45) is 5.41 Å². The number of carbonyl (C=O) groups is 1. The Balaban J connectivity index is 1.77. The van der Waals surface area contributed by atoms with Gasteiger partial charge in [-0.05, 0) is 58.9 Å². The molecule has 0 radical (unpaired) electrons. The van der Waals surface area contributed by atoms with Crippen LogP contribution in [0.1, 0.15) is 50.8 Å². The number of hydrogen-bond donors (Lipinski definition) is 2. The molecule has 3 aromatic carbocycles. The molecule has 0 saturated carbocycles. The molecule has 1 heterocycles. The Kier molecular flexibility index (Phi) is 4.94. The minimum Gasteiger partial charge on any atom is -0.503 e. The Morgan fingerprint density at radius 2 is 1.94 bits per heavy atom. The van der Waals surface area contributed by atoms with Gasteiger partial charge >= 0.3 is 0 Å². The van der Waals surface area contributed by atoms with Gasteiger partial charge in [0.25, 0.3) is 0 Å². The number of anilines is 1. The van der Waals surface area contributed by atoms with E-state index in [-0.39, 0.29) is 28.0 Å². The molecule has 1 atom stereocenters. The zero-order valence-corrected chi connectivity index (χ0v) is 19.2. The van der Waals surface area contributed by atoms with Crippen LogP contribution in [0, 0.1) is 5.41 Å². The number of halogens is 1. The third-order valence-corrected chi connectivity index (χ3v) is 6.71. The van der Waals surface area contributed by atoms with Gasteiger partial charge in [0.05, 0.1) is 17.7 Å². The van der Waals surface area contributed by atoms with Crippen molar-refractivity contribution in [2.45, 2.75) is 39.7 Å². The quantitative estimate of drug-likeness (QED) is 0.458. The second kappa shape index (κ2) is 7.56. The second-order valence-corrected chi connectivity index (χ2v) is 9.81. The van der Waals surface area contributed by atoms with Crippen LogP contribution in [0.15, 0.2) is 54.1 Å². The zero-order chi connectivity index (χ0) is 22.6. The highest BCUT2D eigenvalue weighted by atomic mass is 35.5. The molecule has 2 N–H and O–H groups in total. The lowest BCUT2D eigenvalue weighted by Crippen LogP contribution is -2.33. The van der Waals surface area contributed by atoms with Crippen molar-refractivity contribution < 1.29 is 14.6 Å². The molecule has 1 aliphatic heterocycles. The number of phenolic OH excluding ortho intramolecular Hbond substituents is 1. The topological polar surface area (TPSA) is 58.6 Å². The monoisotopic (exact) mass is 447 g/mol. The van der Waals surface area contributed by atoms with Gasteiger partial charge < -0.3 is 15.2 Å². The van der Waals surface area contributed by atoms with Gasteiger partial charge in [-0.3, -0.25) is 4.79 Å². The van der Waals surface area contributed by atoms with E-state index in [1.807, 2.05) is 19.1 Å². The van der Waals surface area contributed by atoms with Crippen LogP contribution in [-0.4, -0.2) is 17.5 Å². The lowest BCUT2D eigenvalue weighted by Gasteiger charge is -2.40. The molecular weight excluding hydrogens is 422 g/mol. The summed E-state index contributed by atoms with van der Waals surface area (Å²) in [4.78, 5) is 13.5. The fourth-order valence-corrected chi connectivity index (χ4v) is 5.33. The van der Waals surface area contributed by atoms with Crippen LogP contribution in [0.2, 0.25) is 5.02 Å². The van der Waals surface area contributed by atoms with Crippen LogP contribution in [0.5, 0.6) is 11.5 Å². The molecule has 1 aliphatic carbocycles. The molecule has 0 fully saturated rings. The third-order valence-electron chi connectivity index (χ3n) is 6.42. The molecule has 3 aromatic rings. The number of rotatable bonds is 3. The molecule has 32 heavy (non-hydrogen) atoms. The summed E-state index contributed by atoms with van der Waals surface area (Å²) >= 11 is 6.35. The number of carbonyl (C=O) groups excluding carboxylic acids is 1. The smallest absolute Gasteiger partial charge is 0.176 e. The van der Waals surface area contributed by atoms with Crippen molar-refractivity contribution in [3.05, 3.63) is 70.3 Å². The Morgan fingerprint density at radius 3 is 2.72 bits per heavy atom. The number of allylic oxidation sites excluding steroid dienone is 1. The molecule has 0 amide bonds. The van der Waals surface area contributed by atoms with Crippen molar-refractivity contribution in [1.82, 2.24) is 0 Å². The summed E-state index contributed by atoms with van der Waals surface area (Å²) in [5.74, 6) is 0.395. The van der Waals surface area contributed by atoms with Gasteiger partial charge in [0, 0.05) is 23.2 Å². The van der Waals surface area contributed by atoms with Crippen molar-refractivity contribution in [1.29, 1.82) is 0 Å². The molecule has 164 valence electrons. The molecule has 5 heteroatoms. The van der Waals surface area contributed by atoms with Gasteiger partial charge in [-0.15, -0.1) is 0 Å². The van der Waals surface area contributed by atoms with Crippen LogP contribution < -0.4 is 10.1 Å². The minimum atomic E-state index is -0.362. The van der Waals surface area contributed by atoms with Gasteiger partial charge in [-0.1, -0.05) is 55.8 Å². The highest BCUT2D eigenvalue weighted by Crippen LogP contribution is 2.52. The Hall–Kier alpha value is -2.98. The lowest BCUT2D eigenvalue weighted by molar-refractivity contribution is -0.118. The number of phenols is 1. The number of benzene rings is 3. The van der Waals surface area contributed by atoms with E-state index in [0.717, 1.165) is 45.2 Å². The standard InChI is InChI=1S/C27H26ClNO3/c1-4-32-22-12-16(11-19(28)26(22)31)25-24-18(13-27(2,3)14-21(24)30)23-17-8-6-5-7-15(17)9-10-20(23)29-25/h5-12,25,29,31H,4,13-14H2,1-3H3. The molecule has 5 rings (SSSR count). The van der Waals surface area contributed by atoms with E-state index in [1.165, 1.54) is 0 Å². The first kappa shape index (κ1) is 20.9. The molecule has 0 spiro atoms.